The fraction of sp³-hybridized carbons (Fsp3) is 0.588. The first-order chi connectivity index (χ1) is 11.5. The maximum atomic E-state index is 13.4. The molecule has 0 bridgehead atoms. The number of alkyl halides is 1. The number of β-amino-alcohol motifs (C(OH)–C–C–N with tert-alkyl or cyclic N) is 1. The number of methoxy groups -OCH3 is 1. The predicted molar refractivity (Wildman–Crippen MR) is 87.4 cm³/mol. The summed E-state index contributed by atoms with van der Waals surface area (Å²) in [5, 5.41) is 10.2. The van der Waals surface area contributed by atoms with E-state index in [4.69, 9.17) is 13.9 Å². The summed E-state index contributed by atoms with van der Waals surface area (Å²) in [6, 6.07) is 3.46. The molecule has 2 atom stereocenters. The van der Waals surface area contributed by atoms with Gasteiger partial charge >= 0.3 is 0 Å². The van der Waals surface area contributed by atoms with E-state index in [1.165, 1.54) is 0 Å². The van der Waals surface area contributed by atoms with Gasteiger partial charge in [0.05, 0.1) is 7.11 Å². The third-order valence-corrected chi connectivity index (χ3v) is 4.12. The van der Waals surface area contributed by atoms with Crippen molar-refractivity contribution in [1.82, 2.24) is 9.88 Å². The van der Waals surface area contributed by atoms with Crippen molar-refractivity contribution < 1.29 is 23.4 Å². The van der Waals surface area contributed by atoms with Crippen molar-refractivity contribution in [1.29, 1.82) is 0 Å². The van der Waals surface area contributed by atoms with Gasteiger partial charge in [0.2, 0.25) is 0 Å². The third kappa shape index (κ3) is 3.96. The van der Waals surface area contributed by atoms with Crippen LogP contribution in [0.2, 0.25) is 0 Å². The molecule has 24 heavy (non-hydrogen) atoms. The first-order valence-corrected chi connectivity index (χ1v) is 8.17. The number of aryl methyl sites for hydroxylation is 1. The molecule has 6 nitrogen and oxygen atoms in total. The van der Waals surface area contributed by atoms with Gasteiger partial charge in [-0.15, -0.1) is 0 Å². The average molecular weight is 338 g/mol. The summed E-state index contributed by atoms with van der Waals surface area (Å²) in [5.74, 6) is 1.63. The highest BCUT2D eigenvalue weighted by molar-refractivity contribution is 5.81. The number of likely N-dealkylation sites (tertiary alicyclic amines) is 1. The number of aliphatic hydroxyl groups is 1. The molecule has 1 N–H and O–H groups in total. The second-order valence-electron chi connectivity index (χ2n) is 6.17. The normalized spacial score (nSPS) is 20.2. The Kier molecular flexibility index (Phi) is 5.20. The average Bonchev–Trinajstić information content (AvgIpc) is 2.92. The van der Waals surface area contributed by atoms with Crippen LogP contribution in [0.15, 0.2) is 16.5 Å². The number of aromatic nitrogens is 1. The molecule has 0 amide bonds. The zero-order valence-electron chi connectivity index (χ0n) is 14.0. The molecule has 1 fully saturated rings. The third-order valence-electron chi connectivity index (χ3n) is 4.12. The Bertz CT molecular complexity index is 691. The number of oxazole rings is 1. The summed E-state index contributed by atoms with van der Waals surface area (Å²) >= 11 is 0. The van der Waals surface area contributed by atoms with Gasteiger partial charge in [-0.25, -0.2) is 9.37 Å². The van der Waals surface area contributed by atoms with E-state index in [1.807, 2.05) is 4.90 Å². The fourth-order valence-electron chi connectivity index (χ4n) is 3.02. The van der Waals surface area contributed by atoms with Crippen LogP contribution >= 0.6 is 0 Å². The summed E-state index contributed by atoms with van der Waals surface area (Å²) in [6.07, 6.45) is -0.0765. The highest BCUT2D eigenvalue weighted by Crippen LogP contribution is 2.31. The molecule has 132 valence electrons. The fourth-order valence-corrected chi connectivity index (χ4v) is 3.02. The smallest absolute Gasteiger partial charge is 0.192 e. The van der Waals surface area contributed by atoms with Crippen LogP contribution in [-0.4, -0.2) is 60.6 Å². The van der Waals surface area contributed by atoms with Gasteiger partial charge in [-0.1, -0.05) is 0 Å². The minimum Gasteiger partial charge on any atom is -0.496 e. The van der Waals surface area contributed by atoms with Crippen LogP contribution in [0.25, 0.3) is 11.1 Å². The number of aliphatic hydroxyl groups excluding tert-OH is 1. The van der Waals surface area contributed by atoms with Crippen molar-refractivity contribution in [2.24, 2.45) is 0 Å². The molecule has 1 aromatic heterocycles. The molecule has 0 saturated carbocycles. The van der Waals surface area contributed by atoms with Crippen molar-refractivity contribution in [2.45, 2.75) is 32.0 Å². The quantitative estimate of drug-likeness (QED) is 0.872. The Labute approximate surface area is 140 Å². The summed E-state index contributed by atoms with van der Waals surface area (Å²) in [7, 11) is 1.56. The van der Waals surface area contributed by atoms with E-state index in [1.54, 1.807) is 26.2 Å². The Hall–Kier alpha value is -1.86. The van der Waals surface area contributed by atoms with Gasteiger partial charge in [-0.05, 0) is 19.4 Å². The maximum Gasteiger partial charge on any atom is 0.192 e. The lowest BCUT2D eigenvalue weighted by Gasteiger charge is -2.30. The van der Waals surface area contributed by atoms with Crippen molar-refractivity contribution in [3.63, 3.8) is 0 Å². The number of benzene rings is 1. The van der Waals surface area contributed by atoms with Gasteiger partial charge in [0.15, 0.2) is 22.7 Å². The van der Waals surface area contributed by atoms with Crippen molar-refractivity contribution in [2.75, 3.05) is 33.4 Å². The van der Waals surface area contributed by atoms with Crippen LogP contribution in [-0.2, 0) is 0 Å². The monoisotopic (exact) mass is 338 g/mol. The number of ether oxygens (including phenoxy) is 2. The molecule has 0 spiro atoms. The molecule has 7 heteroatoms. The van der Waals surface area contributed by atoms with Crippen LogP contribution < -0.4 is 9.47 Å². The molecule has 1 unspecified atom stereocenters. The largest absolute Gasteiger partial charge is 0.496 e. The van der Waals surface area contributed by atoms with Crippen molar-refractivity contribution in [3.8, 4) is 11.5 Å². The molecule has 1 aromatic carbocycles. The SMILES string of the molecule is COc1cc(OC[C@@H](O)CN2CCCC(F)C2)c2nc(C)oc2c1. The van der Waals surface area contributed by atoms with Gasteiger partial charge in [0.25, 0.3) is 0 Å². The molecule has 1 aliphatic rings. The molecule has 3 rings (SSSR count). The Morgan fingerprint density at radius 3 is 3.08 bits per heavy atom. The summed E-state index contributed by atoms with van der Waals surface area (Å²) in [4.78, 5) is 6.24. The Balaban J connectivity index is 1.64. The minimum atomic E-state index is -0.803. The number of fused-ring (bicyclic) bond motifs is 1. The van der Waals surface area contributed by atoms with Crippen LogP contribution in [0.3, 0.4) is 0 Å². The van der Waals surface area contributed by atoms with Crippen LogP contribution in [0.1, 0.15) is 18.7 Å². The number of halogens is 1. The lowest BCUT2D eigenvalue weighted by molar-refractivity contribution is 0.0462. The second kappa shape index (κ2) is 7.36. The molecule has 0 aliphatic carbocycles. The molecule has 1 saturated heterocycles. The van der Waals surface area contributed by atoms with Crippen molar-refractivity contribution >= 4 is 11.1 Å². The molecular formula is C17H23FN2O4. The zero-order valence-corrected chi connectivity index (χ0v) is 14.0. The Morgan fingerprint density at radius 1 is 1.50 bits per heavy atom. The van der Waals surface area contributed by atoms with Crippen LogP contribution in [0.5, 0.6) is 11.5 Å². The topological polar surface area (TPSA) is 68.0 Å². The molecule has 2 aromatic rings. The number of piperidine rings is 1. The second-order valence-corrected chi connectivity index (χ2v) is 6.17. The van der Waals surface area contributed by atoms with E-state index < -0.39 is 12.3 Å². The lowest BCUT2D eigenvalue weighted by atomic mass is 10.1. The highest BCUT2D eigenvalue weighted by Gasteiger charge is 2.22. The molecule has 1 aliphatic heterocycles. The van der Waals surface area contributed by atoms with Gasteiger partial charge in [0, 0.05) is 32.1 Å². The number of rotatable bonds is 6. The van der Waals surface area contributed by atoms with E-state index >= 15 is 0 Å². The minimum absolute atomic E-state index is 0.0988. The first-order valence-electron chi connectivity index (χ1n) is 8.17. The highest BCUT2D eigenvalue weighted by atomic mass is 19.1. The maximum absolute atomic E-state index is 13.4. The lowest BCUT2D eigenvalue weighted by Crippen LogP contribution is -2.42. The zero-order chi connectivity index (χ0) is 17.1. The van der Waals surface area contributed by atoms with Crippen LogP contribution in [0.4, 0.5) is 4.39 Å². The van der Waals surface area contributed by atoms with E-state index in [0.717, 1.165) is 13.0 Å². The Morgan fingerprint density at radius 2 is 2.33 bits per heavy atom. The van der Waals surface area contributed by atoms with E-state index in [0.29, 0.717) is 48.0 Å². The van der Waals surface area contributed by atoms with Crippen molar-refractivity contribution in [3.05, 3.63) is 18.0 Å². The summed E-state index contributed by atoms with van der Waals surface area (Å²) in [5.41, 5.74) is 1.18. The molecule has 2 heterocycles. The summed E-state index contributed by atoms with van der Waals surface area (Å²) < 4.78 is 29.9. The van der Waals surface area contributed by atoms with Gasteiger partial charge in [-0.3, -0.25) is 4.90 Å². The summed E-state index contributed by atoms with van der Waals surface area (Å²) in [6.45, 7) is 3.44. The number of nitrogens with zero attached hydrogens (tertiary/aromatic N) is 2. The van der Waals surface area contributed by atoms with E-state index in [9.17, 15) is 9.50 Å². The van der Waals surface area contributed by atoms with E-state index in [-0.39, 0.29) is 6.61 Å². The predicted octanol–water partition coefficient (Wildman–Crippen LogP) is 2.32. The number of hydrogen-bond acceptors (Lipinski definition) is 6. The number of hydrogen-bond donors (Lipinski definition) is 1. The van der Waals surface area contributed by atoms with Gasteiger partial charge in [0.1, 0.15) is 24.6 Å². The molecular weight excluding hydrogens is 315 g/mol. The standard InChI is InChI=1S/C17H23FN2O4/c1-11-19-17-15(6-14(22-2)7-16(17)24-11)23-10-13(21)9-20-5-3-4-12(18)8-20/h6-7,12-13,21H,3-5,8-10H2,1-2H3/t12?,13-/m0/s1. The van der Waals surface area contributed by atoms with Crippen LogP contribution in [0, 0.1) is 6.92 Å². The van der Waals surface area contributed by atoms with Gasteiger partial charge < -0.3 is 19.0 Å². The van der Waals surface area contributed by atoms with E-state index in [2.05, 4.69) is 4.98 Å². The first kappa shape index (κ1) is 17.0. The molecule has 0 radical (unpaired) electrons. The van der Waals surface area contributed by atoms with Gasteiger partial charge in [-0.2, -0.15) is 0 Å².